The number of amides is 1. The fourth-order valence-electron chi connectivity index (χ4n) is 1.82. The number of alkyl halides is 2. The van der Waals surface area contributed by atoms with E-state index in [-0.39, 0.29) is 11.7 Å². The van der Waals surface area contributed by atoms with Crippen molar-refractivity contribution in [1.82, 2.24) is 9.88 Å². The van der Waals surface area contributed by atoms with Gasteiger partial charge in [-0.05, 0) is 17.7 Å². The average Bonchev–Trinajstić information content (AvgIpc) is 2.97. The Morgan fingerprint density at radius 2 is 2.09 bits per heavy atom. The van der Waals surface area contributed by atoms with Crippen molar-refractivity contribution in [3.63, 3.8) is 0 Å². The van der Waals surface area contributed by atoms with Crippen LogP contribution < -0.4 is 10.5 Å². The van der Waals surface area contributed by atoms with E-state index < -0.39 is 6.61 Å². The third-order valence-electron chi connectivity index (χ3n) is 2.86. The predicted octanol–water partition coefficient (Wildman–Crippen LogP) is 2.48. The van der Waals surface area contributed by atoms with E-state index in [0.717, 1.165) is 5.56 Å². The van der Waals surface area contributed by atoms with Gasteiger partial charge in [-0.2, -0.15) is 8.78 Å². The van der Waals surface area contributed by atoms with Crippen LogP contribution in [0.25, 0.3) is 0 Å². The predicted molar refractivity (Wildman–Crippen MR) is 78.9 cm³/mol. The molecule has 1 heterocycles. The van der Waals surface area contributed by atoms with Crippen LogP contribution in [0.1, 0.15) is 21.1 Å². The number of carbonyl (C=O) groups is 1. The Labute approximate surface area is 130 Å². The third kappa shape index (κ3) is 4.22. The summed E-state index contributed by atoms with van der Waals surface area (Å²) in [5.41, 5.74) is 6.62. The van der Waals surface area contributed by atoms with Crippen molar-refractivity contribution in [1.29, 1.82) is 0 Å². The van der Waals surface area contributed by atoms with E-state index in [9.17, 15) is 13.6 Å². The van der Waals surface area contributed by atoms with Gasteiger partial charge in [0.05, 0.1) is 0 Å². The maximum Gasteiger partial charge on any atom is 0.387 e. The molecule has 0 atom stereocenters. The minimum Gasteiger partial charge on any atom is -0.435 e. The molecular formula is C14H15F2N3O2S. The maximum atomic E-state index is 12.2. The first-order valence-electron chi connectivity index (χ1n) is 6.43. The smallest absolute Gasteiger partial charge is 0.387 e. The number of ether oxygens (including phenoxy) is 1. The van der Waals surface area contributed by atoms with Gasteiger partial charge < -0.3 is 15.4 Å². The first-order chi connectivity index (χ1) is 10.5. The molecule has 0 saturated heterocycles. The summed E-state index contributed by atoms with van der Waals surface area (Å²) >= 11 is 1.34. The second kappa shape index (κ2) is 7.28. The summed E-state index contributed by atoms with van der Waals surface area (Å²) < 4.78 is 28.4. The van der Waals surface area contributed by atoms with Crippen LogP contribution in [0.3, 0.4) is 0 Å². The molecule has 5 nitrogen and oxygen atoms in total. The van der Waals surface area contributed by atoms with Crippen molar-refractivity contribution in [3.8, 4) is 5.75 Å². The van der Waals surface area contributed by atoms with Gasteiger partial charge in [0, 0.05) is 25.5 Å². The number of hydrogen-bond acceptors (Lipinski definition) is 5. The molecule has 0 radical (unpaired) electrons. The Kier molecular flexibility index (Phi) is 5.40. The topological polar surface area (TPSA) is 68.5 Å². The second-order valence-electron chi connectivity index (χ2n) is 4.51. The van der Waals surface area contributed by atoms with Crippen LogP contribution in [0.4, 0.5) is 8.78 Å². The lowest BCUT2D eigenvalue weighted by Crippen LogP contribution is -2.26. The van der Waals surface area contributed by atoms with E-state index in [2.05, 4.69) is 9.72 Å². The van der Waals surface area contributed by atoms with Crippen LogP contribution >= 0.6 is 11.3 Å². The zero-order valence-electron chi connectivity index (χ0n) is 11.8. The molecule has 1 amide bonds. The van der Waals surface area contributed by atoms with E-state index in [1.54, 1.807) is 24.6 Å². The molecule has 0 spiro atoms. The number of hydrogen-bond donors (Lipinski definition) is 1. The second-order valence-corrected chi connectivity index (χ2v) is 5.46. The number of nitrogens with two attached hydrogens (primary N) is 1. The number of rotatable bonds is 6. The number of benzene rings is 1. The summed E-state index contributed by atoms with van der Waals surface area (Å²) in [4.78, 5) is 17.8. The molecule has 1 aromatic carbocycles. The van der Waals surface area contributed by atoms with Crippen LogP contribution in [0.5, 0.6) is 5.75 Å². The summed E-state index contributed by atoms with van der Waals surface area (Å²) in [6.45, 7) is -2.22. The molecule has 0 aliphatic carbocycles. The monoisotopic (exact) mass is 327 g/mol. The van der Waals surface area contributed by atoms with Gasteiger partial charge in [-0.25, -0.2) is 4.98 Å². The summed E-state index contributed by atoms with van der Waals surface area (Å²) in [7, 11) is 1.65. The van der Waals surface area contributed by atoms with Gasteiger partial charge in [0.1, 0.15) is 16.5 Å². The molecule has 2 rings (SSSR count). The molecule has 118 valence electrons. The molecule has 1 aromatic heterocycles. The first kappa shape index (κ1) is 16.3. The van der Waals surface area contributed by atoms with Crippen molar-refractivity contribution in [3.05, 3.63) is 45.9 Å². The average molecular weight is 327 g/mol. The van der Waals surface area contributed by atoms with E-state index in [1.807, 2.05) is 0 Å². The first-order valence-corrected chi connectivity index (χ1v) is 7.31. The molecule has 0 bridgehead atoms. The zero-order chi connectivity index (χ0) is 16.1. The number of thiazole rings is 1. The lowest BCUT2D eigenvalue weighted by atomic mass is 10.2. The third-order valence-corrected chi connectivity index (χ3v) is 3.73. The zero-order valence-corrected chi connectivity index (χ0v) is 12.6. The Bertz CT molecular complexity index is 631. The number of aromatic nitrogens is 1. The van der Waals surface area contributed by atoms with Gasteiger partial charge in [0.15, 0.2) is 0 Å². The molecular weight excluding hydrogens is 312 g/mol. The maximum absolute atomic E-state index is 12.2. The Hall–Kier alpha value is -2.06. The fraction of sp³-hybridized carbons (Fsp3) is 0.286. The largest absolute Gasteiger partial charge is 0.435 e. The number of nitrogens with zero attached hydrogens (tertiary/aromatic N) is 2. The van der Waals surface area contributed by atoms with Crippen molar-refractivity contribution >= 4 is 17.2 Å². The summed E-state index contributed by atoms with van der Waals surface area (Å²) in [6.07, 6.45) is 0. The fourth-order valence-corrected chi connectivity index (χ4v) is 2.47. The molecule has 0 saturated carbocycles. The molecule has 8 heteroatoms. The Morgan fingerprint density at radius 1 is 1.41 bits per heavy atom. The molecule has 2 aromatic rings. The van der Waals surface area contributed by atoms with Crippen molar-refractivity contribution < 1.29 is 18.3 Å². The number of carbonyl (C=O) groups excluding carboxylic acids is 1. The van der Waals surface area contributed by atoms with Crippen LogP contribution in [0, 0.1) is 0 Å². The van der Waals surface area contributed by atoms with E-state index in [0.29, 0.717) is 23.8 Å². The molecule has 0 aliphatic rings. The molecule has 0 fully saturated rings. The molecule has 0 aliphatic heterocycles. The molecule has 22 heavy (non-hydrogen) atoms. The highest BCUT2D eigenvalue weighted by molar-refractivity contribution is 7.09. The van der Waals surface area contributed by atoms with Crippen LogP contribution in [-0.4, -0.2) is 29.5 Å². The minimum atomic E-state index is -2.85. The normalized spacial score (nSPS) is 10.8. The van der Waals surface area contributed by atoms with E-state index in [4.69, 9.17) is 5.73 Å². The standard InChI is InChI=1S/C14H15F2N3O2S/c1-19(13(20)11-8-22-12(6-17)18-11)7-9-2-4-10(5-3-9)21-14(15)16/h2-5,8,14H,6-7,17H2,1H3. The highest BCUT2D eigenvalue weighted by atomic mass is 32.1. The van der Waals surface area contributed by atoms with Gasteiger partial charge in [-0.15, -0.1) is 11.3 Å². The van der Waals surface area contributed by atoms with Gasteiger partial charge in [0.25, 0.3) is 5.91 Å². The molecule has 0 unspecified atom stereocenters. The summed E-state index contributed by atoms with van der Waals surface area (Å²) in [5, 5.41) is 2.37. The molecule has 2 N–H and O–H groups in total. The Balaban J connectivity index is 1.98. The summed E-state index contributed by atoms with van der Waals surface area (Å²) in [5.74, 6) is -0.135. The highest BCUT2D eigenvalue weighted by Gasteiger charge is 2.15. The van der Waals surface area contributed by atoms with Crippen molar-refractivity contribution in [2.75, 3.05) is 7.05 Å². The highest BCUT2D eigenvalue weighted by Crippen LogP contribution is 2.17. The van der Waals surface area contributed by atoms with Gasteiger partial charge in [0.2, 0.25) is 0 Å². The van der Waals surface area contributed by atoms with Crippen LogP contribution in [0.2, 0.25) is 0 Å². The Morgan fingerprint density at radius 3 is 2.64 bits per heavy atom. The summed E-state index contributed by atoms with van der Waals surface area (Å²) in [6, 6.07) is 6.14. The van der Waals surface area contributed by atoms with E-state index in [1.165, 1.54) is 28.4 Å². The van der Waals surface area contributed by atoms with Gasteiger partial charge >= 0.3 is 6.61 Å². The van der Waals surface area contributed by atoms with E-state index >= 15 is 0 Å². The lowest BCUT2D eigenvalue weighted by Gasteiger charge is -2.16. The van der Waals surface area contributed by atoms with Crippen LogP contribution in [0.15, 0.2) is 29.6 Å². The van der Waals surface area contributed by atoms with Gasteiger partial charge in [-0.1, -0.05) is 12.1 Å². The SMILES string of the molecule is CN(Cc1ccc(OC(F)F)cc1)C(=O)c1csc(CN)n1. The quantitative estimate of drug-likeness (QED) is 0.885. The van der Waals surface area contributed by atoms with Crippen LogP contribution in [-0.2, 0) is 13.1 Å². The number of halogens is 2. The lowest BCUT2D eigenvalue weighted by molar-refractivity contribution is -0.0498. The van der Waals surface area contributed by atoms with Gasteiger partial charge in [-0.3, -0.25) is 4.79 Å². The van der Waals surface area contributed by atoms with Crippen molar-refractivity contribution in [2.24, 2.45) is 5.73 Å². The van der Waals surface area contributed by atoms with Crippen molar-refractivity contribution in [2.45, 2.75) is 19.7 Å². The minimum absolute atomic E-state index is 0.0832.